The molecule has 53 heavy (non-hydrogen) atoms. The Balaban J connectivity index is 0.000000183. The van der Waals surface area contributed by atoms with Crippen molar-refractivity contribution in [1.82, 2.24) is 0 Å². The highest BCUT2D eigenvalue weighted by Crippen LogP contribution is 2.52. The van der Waals surface area contributed by atoms with Gasteiger partial charge in [0.1, 0.15) is 0 Å². The van der Waals surface area contributed by atoms with Crippen LogP contribution < -0.4 is 15.9 Å². The number of halogens is 2. The second-order valence-corrected chi connectivity index (χ2v) is 18.1. The van der Waals surface area contributed by atoms with Crippen molar-refractivity contribution in [3.63, 3.8) is 0 Å². The van der Waals surface area contributed by atoms with Crippen molar-refractivity contribution in [1.29, 1.82) is 0 Å². The maximum Gasteiger partial charge on any atom is 0.301 e. The van der Waals surface area contributed by atoms with Gasteiger partial charge in [0.15, 0.2) is 0 Å². The summed E-state index contributed by atoms with van der Waals surface area (Å²) in [6.45, 7) is 5.68. The predicted octanol–water partition coefficient (Wildman–Crippen LogP) is 11.5. The molecule has 0 saturated carbocycles. The second-order valence-electron chi connectivity index (χ2n) is 12.4. The molecule has 0 bridgehead atoms. The van der Waals surface area contributed by atoms with Crippen LogP contribution in [0.1, 0.15) is 38.8 Å². The van der Waals surface area contributed by atoms with Crippen LogP contribution in [0.2, 0.25) is 10.0 Å². The van der Waals surface area contributed by atoms with Crippen molar-refractivity contribution < 1.29 is 23.2 Å². The SMILES string of the molecule is CCOP(=O)(C(=O)c1c(Cl)cccc1Cl)c1cccc2ccccc12.Cc1cc2ccccc2c(C)c1C(=O)P(=O)(c1ccccc1)c1ccccc1. The summed E-state index contributed by atoms with van der Waals surface area (Å²) < 4.78 is 33.7. The van der Waals surface area contributed by atoms with Gasteiger partial charge in [-0.15, -0.1) is 0 Å². The Hall–Kier alpha value is -4.60. The van der Waals surface area contributed by atoms with Crippen LogP contribution in [0.15, 0.2) is 152 Å². The van der Waals surface area contributed by atoms with Crippen molar-refractivity contribution >= 4 is 86.2 Å². The van der Waals surface area contributed by atoms with Gasteiger partial charge in [-0.3, -0.25) is 14.2 Å². The van der Waals surface area contributed by atoms with Crippen molar-refractivity contribution in [3.05, 3.63) is 184 Å². The lowest BCUT2D eigenvalue weighted by Gasteiger charge is -2.21. The monoisotopic (exact) mass is 776 g/mol. The van der Waals surface area contributed by atoms with Crippen molar-refractivity contribution in [2.24, 2.45) is 0 Å². The number of carbonyl (C=O) groups excluding carboxylic acids is 2. The molecule has 0 spiro atoms. The summed E-state index contributed by atoms with van der Waals surface area (Å²) >= 11 is 12.3. The highest BCUT2D eigenvalue weighted by atomic mass is 35.5. The number of rotatable bonds is 9. The highest BCUT2D eigenvalue weighted by Gasteiger charge is 2.40. The van der Waals surface area contributed by atoms with E-state index in [1.54, 1.807) is 61.5 Å². The molecule has 1 unspecified atom stereocenters. The first-order valence-electron chi connectivity index (χ1n) is 17.0. The molecule has 5 nitrogen and oxygen atoms in total. The fourth-order valence-electron chi connectivity index (χ4n) is 6.58. The standard InChI is InChI=1S/C25H21O2P.C19H15Cl2O3P/c1-18-17-20-11-9-10-16-23(20)19(2)24(18)25(26)28(27,21-12-5-3-6-13-21)22-14-7-4-8-15-22;1-2-24-25(23,19(22)18-15(20)10-6-11-16(18)21)17-12-5-8-13-7-3-4-9-14(13)17/h3-17H,1-2H3;3-12H,2H2,1H3. The molecule has 7 aromatic rings. The van der Waals surface area contributed by atoms with Crippen LogP contribution in [0.5, 0.6) is 0 Å². The lowest BCUT2D eigenvalue weighted by Crippen LogP contribution is -2.23. The maximum absolute atomic E-state index is 14.4. The van der Waals surface area contributed by atoms with Crippen LogP contribution in [-0.2, 0) is 13.7 Å². The van der Waals surface area contributed by atoms with Gasteiger partial charge in [-0.25, -0.2) is 0 Å². The molecule has 7 rings (SSSR count). The van der Waals surface area contributed by atoms with E-state index in [2.05, 4.69) is 0 Å². The van der Waals surface area contributed by atoms with E-state index >= 15 is 0 Å². The third-order valence-electron chi connectivity index (χ3n) is 9.08. The Labute approximate surface area is 319 Å². The van der Waals surface area contributed by atoms with E-state index in [0.29, 0.717) is 26.9 Å². The van der Waals surface area contributed by atoms with Gasteiger partial charge in [-0.05, 0) is 71.6 Å². The summed E-state index contributed by atoms with van der Waals surface area (Å²) in [5.41, 5.74) is 1.33. The topological polar surface area (TPSA) is 77.5 Å². The lowest BCUT2D eigenvalue weighted by molar-refractivity contribution is 0.105. The molecule has 1 atom stereocenters. The molecule has 0 saturated heterocycles. The molecule has 9 heteroatoms. The van der Waals surface area contributed by atoms with Gasteiger partial charge < -0.3 is 9.09 Å². The molecule has 0 aliphatic carbocycles. The summed E-state index contributed by atoms with van der Waals surface area (Å²) in [5, 5.41) is 5.48. The quantitative estimate of drug-likeness (QED) is 0.136. The smallest absolute Gasteiger partial charge is 0.301 e. The van der Waals surface area contributed by atoms with Gasteiger partial charge in [0, 0.05) is 16.2 Å². The van der Waals surface area contributed by atoms with Gasteiger partial charge in [0.05, 0.1) is 27.5 Å². The Morgan fingerprint density at radius 3 is 1.64 bits per heavy atom. The van der Waals surface area contributed by atoms with Crippen LogP contribution in [0, 0.1) is 13.8 Å². The summed E-state index contributed by atoms with van der Waals surface area (Å²) in [4.78, 5) is 27.1. The summed E-state index contributed by atoms with van der Waals surface area (Å²) in [6.07, 6.45) is 0. The summed E-state index contributed by atoms with van der Waals surface area (Å²) in [6, 6.07) is 45.7. The number of carbonyl (C=O) groups is 2. The average Bonchev–Trinajstić information content (AvgIpc) is 3.18. The van der Waals surface area contributed by atoms with Crippen molar-refractivity contribution in [3.8, 4) is 0 Å². The minimum Gasteiger partial charge on any atom is -0.320 e. The van der Waals surface area contributed by atoms with E-state index in [1.807, 2.05) is 111 Å². The molecule has 0 heterocycles. The molecule has 7 aromatic carbocycles. The number of hydrogen-bond donors (Lipinski definition) is 0. The van der Waals surface area contributed by atoms with Gasteiger partial charge in [-0.2, -0.15) is 0 Å². The maximum atomic E-state index is 14.4. The number of aryl methyl sites for hydroxylation is 2. The van der Waals surface area contributed by atoms with E-state index in [0.717, 1.165) is 27.3 Å². The Morgan fingerprint density at radius 2 is 1.06 bits per heavy atom. The fraction of sp³-hybridized carbons (Fsp3) is 0.0909. The van der Waals surface area contributed by atoms with E-state index in [9.17, 15) is 18.7 Å². The first-order valence-corrected chi connectivity index (χ1v) is 21.1. The number of fused-ring (bicyclic) bond motifs is 2. The zero-order valence-electron chi connectivity index (χ0n) is 29.3. The molecule has 0 aliphatic heterocycles. The first-order chi connectivity index (χ1) is 25.5. The zero-order chi connectivity index (χ0) is 37.8. The third kappa shape index (κ3) is 7.34. The molecule has 0 aromatic heterocycles. The van der Waals surface area contributed by atoms with Crippen LogP contribution in [0.25, 0.3) is 21.5 Å². The Kier molecular flexibility index (Phi) is 11.6. The molecular weight excluding hydrogens is 741 g/mol. The van der Waals surface area contributed by atoms with Gasteiger partial charge >= 0.3 is 7.37 Å². The fourth-order valence-corrected chi connectivity index (χ4v) is 12.1. The first kappa shape index (κ1) is 38.1. The zero-order valence-corrected chi connectivity index (χ0v) is 32.6. The van der Waals surface area contributed by atoms with Crippen LogP contribution in [-0.4, -0.2) is 17.7 Å². The number of hydrogen-bond acceptors (Lipinski definition) is 5. The molecular formula is C44H36Cl2O5P2. The Morgan fingerprint density at radius 1 is 0.566 bits per heavy atom. The van der Waals surface area contributed by atoms with Crippen molar-refractivity contribution in [2.75, 3.05) is 6.61 Å². The van der Waals surface area contributed by atoms with Crippen LogP contribution >= 0.6 is 37.7 Å². The van der Waals surface area contributed by atoms with Gasteiger partial charge in [0.2, 0.25) is 12.7 Å². The summed E-state index contributed by atoms with van der Waals surface area (Å²) in [7, 11) is -7.40. The highest BCUT2D eigenvalue weighted by molar-refractivity contribution is 7.93. The van der Waals surface area contributed by atoms with E-state index in [1.165, 1.54) is 0 Å². The van der Waals surface area contributed by atoms with Gasteiger partial charge in [0.25, 0.3) is 5.52 Å². The molecule has 0 aliphatic rings. The van der Waals surface area contributed by atoms with Crippen LogP contribution in [0.3, 0.4) is 0 Å². The largest absolute Gasteiger partial charge is 0.320 e. The van der Waals surface area contributed by atoms with E-state index in [-0.39, 0.29) is 27.7 Å². The third-order valence-corrected chi connectivity index (χ3v) is 15.0. The average molecular weight is 778 g/mol. The van der Waals surface area contributed by atoms with Gasteiger partial charge in [-0.1, -0.05) is 157 Å². The Bertz CT molecular complexity index is 2500. The van der Waals surface area contributed by atoms with Crippen molar-refractivity contribution in [2.45, 2.75) is 20.8 Å². The number of benzene rings is 7. The summed E-state index contributed by atoms with van der Waals surface area (Å²) in [5.74, 6) is 0. The van der Waals surface area contributed by atoms with E-state index < -0.39 is 20.0 Å². The molecule has 0 amide bonds. The molecule has 0 fully saturated rings. The lowest BCUT2D eigenvalue weighted by atomic mass is 9.96. The normalized spacial score (nSPS) is 12.5. The molecule has 266 valence electrons. The van der Waals surface area contributed by atoms with Crippen LogP contribution in [0.4, 0.5) is 0 Å². The predicted molar refractivity (Wildman–Crippen MR) is 221 cm³/mol. The molecule has 0 radical (unpaired) electrons. The molecule has 0 N–H and O–H groups in total. The minimum absolute atomic E-state index is 0.0237. The minimum atomic E-state index is -3.89. The second kappa shape index (κ2) is 16.2. The van der Waals surface area contributed by atoms with E-state index in [4.69, 9.17) is 27.7 Å².